The third-order valence-corrected chi connectivity index (χ3v) is 4.49. The van der Waals surface area contributed by atoms with E-state index >= 15 is 0 Å². The van der Waals surface area contributed by atoms with Crippen LogP contribution in [0.4, 0.5) is 0 Å². The lowest BCUT2D eigenvalue weighted by atomic mass is 9.58. The molecule has 2 heteroatoms. The van der Waals surface area contributed by atoms with Gasteiger partial charge in [-0.05, 0) is 36.5 Å². The Bertz CT molecular complexity index is 255. The van der Waals surface area contributed by atoms with Crippen LogP contribution in [0, 0.1) is 23.2 Å². The Labute approximate surface area is 99.4 Å². The highest BCUT2D eigenvalue weighted by molar-refractivity contribution is 5.05. The van der Waals surface area contributed by atoms with Crippen molar-refractivity contribution in [3.63, 3.8) is 0 Å². The molecule has 0 aromatic heterocycles. The first-order valence-corrected chi connectivity index (χ1v) is 6.31. The van der Waals surface area contributed by atoms with Crippen LogP contribution in [0.1, 0.15) is 41.0 Å². The molecule has 0 heterocycles. The zero-order chi connectivity index (χ0) is 12.5. The zero-order valence-corrected chi connectivity index (χ0v) is 11.1. The average Bonchev–Trinajstić information content (AvgIpc) is 2.14. The molecule has 1 aliphatic rings. The van der Waals surface area contributed by atoms with Crippen LogP contribution in [-0.4, -0.2) is 22.4 Å². The number of aliphatic hydroxyl groups is 2. The maximum absolute atomic E-state index is 10.0. The fourth-order valence-corrected chi connectivity index (χ4v) is 2.83. The molecule has 0 spiro atoms. The summed E-state index contributed by atoms with van der Waals surface area (Å²) in [5.74, 6) is 1.10. The quantitative estimate of drug-likeness (QED) is 0.711. The molecule has 0 unspecified atom stereocenters. The second-order valence-electron chi connectivity index (χ2n) is 6.04. The molecule has 0 aromatic rings. The second kappa shape index (κ2) is 4.89. The largest absolute Gasteiger partial charge is 0.393 e. The van der Waals surface area contributed by atoms with Crippen LogP contribution in [0.5, 0.6) is 0 Å². The van der Waals surface area contributed by atoms with E-state index in [4.69, 9.17) is 0 Å². The van der Waals surface area contributed by atoms with Crippen LogP contribution in [0.2, 0.25) is 0 Å². The first-order valence-electron chi connectivity index (χ1n) is 6.31. The van der Waals surface area contributed by atoms with E-state index in [2.05, 4.69) is 33.8 Å². The maximum atomic E-state index is 10.0. The number of hydrogen-bond donors (Lipinski definition) is 2. The minimum atomic E-state index is -0.405. The van der Waals surface area contributed by atoms with Gasteiger partial charge in [0.2, 0.25) is 0 Å². The van der Waals surface area contributed by atoms with Crippen molar-refractivity contribution in [1.82, 2.24) is 0 Å². The van der Waals surface area contributed by atoms with Gasteiger partial charge in [0.25, 0.3) is 0 Å². The molecule has 2 N–H and O–H groups in total. The highest BCUT2D eigenvalue weighted by atomic mass is 16.3. The minimum absolute atomic E-state index is 0.185. The van der Waals surface area contributed by atoms with Crippen molar-refractivity contribution in [2.45, 2.75) is 53.2 Å². The first kappa shape index (κ1) is 13.7. The van der Waals surface area contributed by atoms with Gasteiger partial charge >= 0.3 is 0 Å². The summed E-state index contributed by atoms with van der Waals surface area (Å²) in [5, 5.41) is 19.3. The van der Waals surface area contributed by atoms with Gasteiger partial charge in [-0.3, -0.25) is 0 Å². The van der Waals surface area contributed by atoms with Crippen LogP contribution >= 0.6 is 0 Å². The third kappa shape index (κ3) is 2.67. The molecule has 1 fully saturated rings. The summed E-state index contributed by atoms with van der Waals surface area (Å²) >= 11 is 0. The molecule has 0 saturated heterocycles. The Morgan fingerprint density at radius 1 is 1.31 bits per heavy atom. The molecule has 1 aliphatic carbocycles. The highest BCUT2D eigenvalue weighted by Gasteiger charge is 2.44. The molecule has 0 radical (unpaired) electrons. The summed E-state index contributed by atoms with van der Waals surface area (Å²) in [6.45, 7) is 10.6. The van der Waals surface area contributed by atoms with Gasteiger partial charge in [-0.15, -0.1) is 0 Å². The van der Waals surface area contributed by atoms with E-state index < -0.39 is 6.10 Å². The van der Waals surface area contributed by atoms with Crippen molar-refractivity contribution >= 4 is 0 Å². The molecule has 1 rings (SSSR count). The van der Waals surface area contributed by atoms with Crippen molar-refractivity contribution in [2.24, 2.45) is 23.2 Å². The summed E-state index contributed by atoms with van der Waals surface area (Å²) in [5.41, 5.74) is 0.185. The van der Waals surface area contributed by atoms with Crippen molar-refractivity contribution in [3.05, 3.63) is 12.2 Å². The van der Waals surface area contributed by atoms with Gasteiger partial charge in [0.05, 0.1) is 12.2 Å². The predicted molar refractivity (Wildman–Crippen MR) is 67.0 cm³/mol. The lowest BCUT2D eigenvalue weighted by Gasteiger charge is -2.48. The number of allylic oxidation sites excluding steroid dienone is 1. The van der Waals surface area contributed by atoms with E-state index in [0.717, 1.165) is 6.42 Å². The highest BCUT2D eigenvalue weighted by Crippen LogP contribution is 2.48. The van der Waals surface area contributed by atoms with Gasteiger partial charge in [-0.1, -0.05) is 39.8 Å². The molecule has 0 amide bonds. The van der Waals surface area contributed by atoms with Gasteiger partial charge in [0.1, 0.15) is 0 Å². The van der Waals surface area contributed by atoms with E-state index in [1.165, 1.54) is 0 Å². The predicted octanol–water partition coefficient (Wildman–Crippen LogP) is 2.60. The maximum Gasteiger partial charge on any atom is 0.0692 e. The van der Waals surface area contributed by atoms with E-state index in [1.54, 1.807) is 6.92 Å². The van der Waals surface area contributed by atoms with Crippen molar-refractivity contribution in [3.8, 4) is 0 Å². The Morgan fingerprint density at radius 2 is 1.88 bits per heavy atom. The van der Waals surface area contributed by atoms with Gasteiger partial charge in [-0.2, -0.15) is 0 Å². The summed E-state index contributed by atoms with van der Waals surface area (Å²) < 4.78 is 0. The normalized spacial score (nSPS) is 41.2. The first-order chi connectivity index (χ1) is 7.26. The fourth-order valence-electron chi connectivity index (χ4n) is 2.83. The lowest BCUT2D eigenvalue weighted by molar-refractivity contribution is -0.0415. The van der Waals surface area contributed by atoms with Crippen LogP contribution in [0.25, 0.3) is 0 Å². The Hall–Kier alpha value is -0.340. The molecule has 1 saturated carbocycles. The summed E-state index contributed by atoms with van der Waals surface area (Å²) in [6, 6.07) is 0. The lowest BCUT2D eigenvalue weighted by Crippen LogP contribution is -2.45. The van der Waals surface area contributed by atoms with Crippen molar-refractivity contribution < 1.29 is 10.2 Å². The minimum Gasteiger partial charge on any atom is -0.393 e. The smallest absolute Gasteiger partial charge is 0.0692 e. The molecular formula is C14H26O2. The Kier molecular flexibility index (Phi) is 4.19. The Balaban J connectivity index is 2.90. The number of aliphatic hydroxyl groups excluding tert-OH is 2. The van der Waals surface area contributed by atoms with Gasteiger partial charge < -0.3 is 10.2 Å². The van der Waals surface area contributed by atoms with Gasteiger partial charge in [-0.25, -0.2) is 0 Å². The monoisotopic (exact) mass is 226 g/mol. The van der Waals surface area contributed by atoms with E-state index in [1.807, 2.05) is 6.08 Å². The molecule has 0 aliphatic heterocycles. The molecule has 94 valence electrons. The molecule has 5 atom stereocenters. The molecular weight excluding hydrogens is 200 g/mol. The zero-order valence-electron chi connectivity index (χ0n) is 11.1. The van der Waals surface area contributed by atoms with Crippen LogP contribution in [-0.2, 0) is 0 Å². The van der Waals surface area contributed by atoms with E-state index in [-0.39, 0.29) is 17.4 Å². The molecule has 0 bridgehead atoms. The topological polar surface area (TPSA) is 40.5 Å². The van der Waals surface area contributed by atoms with Gasteiger partial charge in [0.15, 0.2) is 0 Å². The third-order valence-electron chi connectivity index (χ3n) is 4.49. The van der Waals surface area contributed by atoms with Crippen LogP contribution in [0.15, 0.2) is 12.2 Å². The fraction of sp³-hybridized carbons (Fsp3) is 0.857. The van der Waals surface area contributed by atoms with Crippen molar-refractivity contribution in [1.29, 1.82) is 0 Å². The Morgan fingerprint density at radius 3 is 2.38 bits per heavy atom. The molecule has 2 nitrogen and oxygen atoms in total. The average molecular weight is 226 g/mol. The standard InChI is InChI=1S/C14H26O2/c1-9-8-13(16)11(3)12(14(9,4)5)7-6-10(2)15/h6-7,9-13,15-16H,8H2,1-5H3/b7-6+/t9-,10+,11+,12+,13-/m1/s1. The summed E-state index contributed by atoms with van der Waals surface area (Å²) in [4.78, 5) is 0. The summed E-state index contributed by atoms with van der Waals surface area (Å²) in [7, 11) is 0. The van der Waals surface area contributed by atoms with E-state index in [0.29, 0.717) is 11.8 Å². The van der Waals surface area contributed by atoms with Crippen LogP contribution in [0.3, 0.4) is 0 Å². The molecule has 0 aromatic carbocycles. The summed E-state index contributed by atoms with van der Waals surface area (Å²) in [6.07, 6.45) is 4.19. The molecule has 16 heavy (non-hydrogen) atoms. The second-order valence-corrected chi connectivity index (χ2v) is 6.04. The van der Waals surface area contributed by atoms with Crippen LogP contribution < -0.4 is 0 Å². The number of hydrogen-bond acceptors (Lipinski definition) is 2. The van der Waals surface area contributed by atoms with E-state index in [9.17, 15) is 10.2 Å². The van der Waals surface area contributed by atoms with Gasteiger partial charge in [0, 0.05) is 0 Å². The number of rotatable bonds is 2. The SMILES string of the molecule is C[C@@H]1[C@H](O)C[C@@H](C)C(C)(C)[C@H]1/C=C/[C@H](C)O. The van der Waals surface area contributed by atoms with Crippen molar-refractivity contribution in [2.75, 3.05) is 0 Å².